The summed E-state index contributed by atoms with van der Waals surface area (Å²) in [5.41, 5.74) is 2.17. The van der Waals surface area contributed by atoms with Crippen molar-refractivity contribution in [1.29, 1.82) is 0 Å². The van der Waals surface area contributed by atoms with Crippen LogP contribution >= 0.6 is 0 Å². The second kappa shape index (κ2) is 4.83. The van der Waals surface area contributed by atoms with Crippen LogP contribution in [0.25, 0.3) is 10.9 Å². The number of ether oxygens (including phenoxy) is 1. The third kappa shape index (κ3) is 2.88. The summed E-state index contributed by atoms with van der Waals surface area (Å²) in [4.78, 5) is 3.18. The van der Waals surface area contributed by atoms with Gasteiger partial charge in [-0.25, -0.2) is 0 Å². The third-order valence-corrected chi connectivity index (χ3v) is 3.68. The van der Waals surface area contributed by atoms with Gasteiger partial charge in [-0.1, -0.05) is 27.7 Å². The van der Waals surface area contributed by atoms with Crippen LogP contribution in [0.2, 0.25) is 0 Å². The molecule has 1 unspecified atom stereocenters. The van der Waals surface area contributed by atoms with Gasteiger partial charge in [-0.05, 0) is 35.1 Å². The molecule has 0 fully saturated rings. The molecule has 2 rings (SSSR count). The zero-order valence-electron chi connectivity index (χ0n) is 11.6. The van der Waals surface area contributed by atoms with Gasteiger partial charge in [0.15, 0.2) is 0 Å². The highest BCUT2D eigenvalue weighted by Gasteiger charge is 2.24. The highest BCUT2D eigenvalue weighted by Crippen LogP contribution is 2.38. The Labute approximate surface area is 111 Å². The lowest BCUT2D eigenvalue weighted by Gasteiger charge is -2.27. The van der Waals surface area contributed by atoms with Crippen LogP contribution in [0.1, 0.15) is 39.2 Å². The van der Waals surface area contributed by atoms with E-state index in [4.69, 9.17) is 0 Å². The van der Waals surface area contributed by atoms with Crippen LogP contribution in [0.4, 0.5) is 8.78 Å². The fraction of sp³-hybridized carbons (Fsp3) is 0.467. The van der Waals surface area contributed by atoms with E-state index >= 15 is 0 Å². The highest BCUT2D eigenvalue weighted by atomic mass is 19.3. The number of hydrogen-bond donors (Lipinski definition) is 1. The second-order valence-corrected chi connectivity index (χ2v) is 5.92. The standard InChI is InChI=1S/C15H19F2NO/c1-9(15(2,3)4)12-8-18-13-6-5-10(7-11(12)13)19-14(16)17/h5-9,14,18H,1-4H3. The molecule has 2 nitrogen and oxygen atoms in total. The van der Waals surface area contributed by atoms with Crippen LogP contribution in [0.15, 0.2) is 24.4 Å². The minimum Gasteiger partial charge on any atom is -0.435 e. The Balaban J connectivity index is 2.45. The number of alkyl halides is 2. The lowest BCUT2D eigenvalue weighted by Crippen LogP contribution is -2.14. The van der Waals surface area contributed by atoms with Crippen LogP contribution in [0, 0.1) is 5.41 Å². The summed E-state index contributed by atoms with van der Waals surface area (Å²) in [6, 6.07) is 5.00. The van der Waals surface area contributed by atoms with Crippen molar-refractivity contribution in [1.82, 2.24) is 4.98 Å². The van der Waals surface area contributed by atoms with E-state index in [2.05, 4.69) is 37.4 Å². The predicted molar refractivity (Wildman–Crippen MR) is 72.8 cm³/mol. The van der Waals surface area contributed by atoms with Crippen LogP contribution in [0.3, 0.4) is 0 Å². The summed E-state index contributed by atoms with van der Waals surface area (Å²) in [7, 11) is 0. The normalized spacial score (nSPS) is 14.1. The fourth-order valence-corrected chi connectivity index (χ4v) is 2.12. The Morgan fingerprint density at radius 3 is 2.47 bits per heavy atom. The van der Waals surface area contributed by atoms with Crippen LogP contribution < -0.4 is 4.74 Å². The van der Waals surface area contributed by atoms with E-state index in [9.17, 15) is 8.78 Å². The Hall–Kier alpha value is -1.58. The van der Waals surface area contributed by atoms with Crippen molar-refractivity contribution >= 4 is 10.9 Å². The van der Waals surface area contributed by atoms with Crippen molar-refractivity contribution in [2.24, 2.45) is 5.41 Å². The number of nitrogens with one attached hydrogen (secondary N) is 1. The quantitative estimate of drug-likeness (QED) is 0.839. The van der Waals surface area contributed by atoms with E-state index in [-0.39, 0.29) is 11.2 Å². The lowest BCUT2D eigenvalue weighted by molar-refractivity contribution is -0.0497. The van der Waals surface area contributed by atoms with E-state index in [0.29, 0.717) is 5.92 Å². The molecule has 0 aliphatic heterocycles. The molecule has 1 atom stereocenters. The molecule has 1 N–H and O–H groups in total. The number of hydrogen-bond acceptors (Lipinski definition) is 1. The molecule has 0 saturated carbocycles. The molecule has 0 aliphatic carbocycles. The van der Waals surface area contributed by atoms with Crippen molar-refractivity contribution < 1.29 is 13.5 Å². The van der Waals surface area contributed by atoms with Gasteiger partial charge in [0.2, 0.25) is 0 Å². The fourth-order valence-electron chi connectivity index (χ4n) is 2.12. The van der Waals surface area contributed by atoms with Crippen molar-refractivity contribution in [2.75, 3.05) is 0 Å². The molecule has 104 valence electrons. The minimum absolute atomic E-state index is 0.106. The van der Waals surface area contributed by atoms with Crippen LogP contribution in [-0.2, 0) is 0 Å². The van der Waals surface area contributed by atoms with Gasteiger partial charge in [-0.15, -0.1) is 0 Å². The van der Waals surface area contributed by atoms with Crippen molar-refractivity contribution in [2.45, 2.75) is 40.2 Å². The molecule has 4 heteroatoms. The Kier molecular flexibility index (Phi) is 3.52. The molecule has 1 heterocycles. The maximum atomic E-state index is 12.3. The van der Waals surface area contributed by atoms with Crippen LogP contribution in [0.5, 0.6) is 5.75 Å². The molecule has 0 saturated heterocycles. The molecule has 0 spiro atoms. The van der Waals surface area contributed by atoms with Crippen molar-refractivity contribution in [3.63, 3.8) is 0 Å². The van der Waals surface area contributed by atoms with E-state index in [1.54, 1.807) is 18.2 Å². The van der Waals surface area contributed by atoms with Crippen molar-refractivity contribution in [3.8, 4) is 5.75 Å². The molecule has 0 bridgehead atoms. The van der Waals surface area contributed by atoms with Crippen LogP contribution in [-0.4, -0.2) is 11.6 Å². The van der Waals surface area contributed by atoms with E-state index in [1.807, 2.05) is 6.20 Å². The maximum absolute atomic E-state index is 12.3. The second-order valence-electron chi connectivity index (χ2n) is 5.92. The van der Waals surface area contributed by atoms with Gasteiger partial charge in [-0.3, -0.25) is 0 Å². The largest absolute Gasteiger partial charge is 0.435 e. The van der Waals surface area contributed by atoms with Gasteiger partial charge >= 0.3 is 6.61 Å². The molecule has 19 heavy (non-hydrogen) atoms. The molecule has 0 radical (unpaired) electrons. The summed E-state index contributed by atoms with van der Waals surface area (Å²) in [5.74, 6) is 0.507. The smallest absolute Gasteiger partial charge is 0.387 e. The summed E-state index contributed by atoms with van der Waals surface area (Å²) >= 11 is 0. The van der Waals surface area contributed by atoms with Gasteiger partial charge in [-0.2, -0.15) is 8.78 Å². The summed E-state index contributed by atoms with van der Waals surface area (Å²) in [6.45, 7) is 5.84. The summed E-state index contributed by atoms with van der Waals surface area (Å²) < 4.78 is 29.0. The third-order valence-electron chi connectivity index (χ3n) is 3.68. The molecule has 2 aromatic rings. The minimum atomic E-state index is -2.79. The van der Waals surface area contributed by atoms with Gasteiger partial charge in [0.1, 0.15) is 5.75 Å². The molecule has 0 amide bonds. The number of rotatable bonds is 3. The van der Waals surface area contributed by atoms with Gasteiger partial charge in [0, 0.05) is 17.1 Å². The zero-order valence-corrected chi connectivity index (χ0v) is 11.6. The summed E-state index contributed by atoms with van der Waals surface area (Å²) in [5, 5.41) is 0.945. The first-order valence-corrected chi connectivity index (χ1v) is 6.35. The first-order chi connectivity index (χ1) is 8.79. The molecule has 1 aromatic heterocycles. The number of aromatic amines is 1. The monoisotopic (exact) mass is 267 g/mol. The number of aromatic nitrogens is 1. The van der Waals surface area contributed by atoms with Gasteiger partial charge in [0.25, 0.3) is 0 Å². The Morgan fingerprint density at radius 1 is 1.21 bits per heavy atom. The predicted octanol–water partition coefficient (Wildman–Crippen LogP) is 4.92. The van der Waals surface area contributed by atoms with Gasteiger partial charge in [0.05, 0.1) is 0 Å². The summed E-state index contributed by atoms with van der Waals surface area (Å²) in [6.07, 6.45) is 1.95. The number of halogens is 2. The SMILES string of the molecule is CC(c1c[nH]c2ccc(OC(F)F)cc12)C(C)(C)C. The average molecular weight is 267 g/mol. The highest BCUT2D eigenvalue weighted by molar-refractivity contribution is 5.85. The first-order valence-electron chi connectivity index (χ1n) is 6.35. The molecule has 1 aromatic carbocycles. The van der Waals surface area contributed by atoms with Crippen molar-refractivity contribution in [3.05, 3.63) is 30.0 Å². The molecular weight excluding hydrogens is 248 g/mol. The maximum Gasteiger partial charge on any atom is 0.387 e. The average Bonchev–Trinajstić information content (AvgIpc) is 2.68. The van der Waals surface area contributed by atoms with E-state index in [0.717, 1.165) is 16.5 Å². The lowest BCUT2D eigenvalue weighted by atomic mass is 9.78. The van der Waals surface area contributed by atoms with Gasteiger partial charge < -0.3 is 9.72 Å². The van der Waals surface area contributed by atoms with E-state index in [1.165, 1.54) is 0 Å². The topological polar surface area (TPSA) is 25.0 Å². The Bertz CT molecular complexity index is 569. The molecule has 0 aliphatic rings. The number of H-pyrrole nitrogens is 1. The zero-order chi connectivity index (χ0) is 14.2. The number of benzene rings is 1. The molecular formula is C15H19F2NO. The first kappa shape index (κ1) is 13.8. The van der Waals surface area contributed by atoms with E-state index < -0.39 is 6.61 Å². The number of fused-ring (bicyclic) bond motifs is 1. The Morgan fingerprint density at radius 2 is 1.89 bits per heavy atom.